The molecule has 0 radical (unpaired) electrons. The Labute approximate surface area is 242 Å². The van der Waals surface area contributed by atoms with Crippen LogP contribution in [0.15, 0.2) is 24.5 Å². The van der Waals surface area contributed by atoms with Crippen LogP contribution in [0.25, 0.3) is 5.52 Å². The number of nitrogens with zero attached hydrogens (tertiary/aromatic N) is 4. The minimum Gasteiger partial charge on any atom is -0.336 e. The summed E-state index contributed by atoms with van der Waals surface area (Å²) in [5, 5.41) is 18.9. The number of amides is 3. The zero-order valence-electron chi connectivity index (χ0n) is 24.6. The monoisotopic (exact) mass is 587 g/mol. The summed E-state index contributed by atoms with van der Waals surface area (Å²) in [4.78, 5) is 40.5. The Morgan fingerprint density at radius 2 is 1.83 bits per heavy atom. The molecule has 1 aliphatic heterocycles. The van der Waals surface area contributed by atoms with Crippen molar-refractivity contribution in [3.05, 3.63) is 35.7 Å². The average Bonchev–Trinajstić information content (AvgIpc) is 3.29. The number of fused-ring (bicyclic) bond motifs is 2. The van der Waals surface area contributed by atoms with Crippen LogP contribution in [-0.2, 0) is 14.4 Å². The number of carbonyl (C=O) groups excluding carboxylic acids is 3. The second-order valence-corrected chi connectivity index (χ2v) is 11.9. The number of nitrogens with one attached hydrogen (secondary N) is 2. The lowest BCUT2D eigenvalue weighted by molar-refractivity contribution is -0.176. The number of rotatable bonds is 5. The smallest absolute Gasteiger partial charge is 0.336 e. The molecular weight excluding hydrogens is 551 g/mol. The average molecular weight is 588 g/mol. The number of nitrogens with two attached hydrogens (primary N) is 1. The van der Waals surface area contributed by atoms with Crippen molar-refractivity contribution in [1.82, 2.24) is 25.1 Å². The number of halogens is 3. The van der Waals surface area contributed by atoms with E-state index in [0.29, 0.717) is 16.6 Å². The van der Waals surface area contributed by atoms with Crippen molar-refractivity contribution in [2.24, 2.45) is 28.4 Å². The second kappa shape index (κ2) is 11.6. The molecule has 13 heteroatoms. The number of hydrogen-bond acceptors (Lipinski definition) is 6. The van der Waals surface area contributed by atoms with Gasteiger partial charge in [0, 0.05) is 18.3 Å². The van der Waals surface area contributed by atoms with Crippen molar-refractivity contribution in [1.29, 1.82) is 5.26 Å². The van der Waals surface area contributed by atoms with Gasteiger partial charge in [0.2, 0.25) is 11.8 Å². The minimum atomic E-state index is -5.18. The largest absolute Gasteiger partial charge is 0.471 e. The van der Waals surface area contributed by atoms with Gasteiger partial charge in [0.1, 0.15) is 18.1 Å². The van der Waals surface area contributed by atoms with E-state index in [1.165, 1.54) is 38.9 Å². The van der Waals surface area contributed by atoms with E-state index < -0.39 is 47.4 Å². The van der Waals surface area contributed by atoms with Crippen molar-refractivity contribution >= 4 is 23.2 Å². The molecule has 226 valence electrons. The molecule has 2 fully saturated rings. The topological polar surface area (TPSA) is 146 Å². The van der Waals surface area contributed by atoms with E-state index in [-0.39, 0.29) is 23.8 Å². The van der Waals surface area contributed by atoms with Crippen molar-refractivity contribution in [3.8, 4) is 17.9 Å². The summed E-state index contributed by atoms with van der Waals surface area (Å²) in [7, 11) is 1.50. The first-order chi connectivity index (χ1) is 19.5. The number of alkyl halides is 3. The maximum atomic E-state index is 13.8. The van der Waals surface area contributed by atoms with Gasteiger partial charge >= 0.3 is 12.1 Å². The van der Waals surface area contributed by atoms with Crippen molar-refractivity contribution < 1.29 is 27.6 Å². The molecule has 2 aromatic rings. The molecule has 2 aliphatic rings. The highest BCUT2D eigenvalue weighted by Crippen LogP contribution is 2.65. The molecule has 4 rings (SSSR count). The van der Waals surface area contributed by atoms with E-state index in [1.807, 2.05) is 19.2 Å². The molecule has 1 saturated heterocycles. The zero-order valence-corrected chi connectivity index (χ0v) is 24.6. The van der Waals surface area contributed by atoms with Crippen LogP contribution >= 0.6 is 0 Å². The molecule has 0 spiro atoms. The van der Waals surface area contributed by atoms with E-state index in [0.717, 1.165) is 0 Å². The van der Waals surface area contributed by atoms with Gasteiger partial charge in [0.25, 0.3) is 0 Å². The number of carbonyl (C=O) groups is 3. The summed E-state index contributed by atoms with van der Waals surface area (Å²) < 4.78 is 40.8. The SMILES string of the molecule is CC#Cc1cccn2ncc(C(C#N)NC(=O)C3C4C(CN3C(=O)C(NC(=O)C(F)(F)F)C(C)(C)C)C4(C)C)c12.CN. The number of pyridine rings is 1. The highest BCUT2D eigenvalue weighted by atomic mass is 19.4. The highest BCUT2D eigenvalue weighted by molar-refractivity contribution is 5.95. The normalized spacial score (nSPS) is 21.9. The van der Waals surface area contributed by atoms with Gasteiger partial charge in [0.05, 0.1) is 23.3 Å². The van der Waals surface area contributed by atoms with Crippen molar-refractivity contribution in [2.75, 3.05) is 13.6 Å². The van der Waals surface area contributed by atoms with Gasteiger partial charge in [0.15, 0.2) is 0 Å². The molecule has 0 bridgehead atoms. The number of piperidine rings is 1. The van der Waals surface area contributed by atoms with Crippen LogP contribution in [-0.4, -0.2) is 64.1 Å². The Kier molecular flexibility index (Phi) is 8.99. The van der Waals surface area contributed by atoms with Crippen LogP contribution in [0.1, 0.15) is 58.7 Å². The predicted molar refractivity (Wildman–Crippen MR) is 148 cm³/mol. The lowest BCUT2D eigenvalue weighted by atomic mass is 9.85. The lowest BCUT2D eigenvalue weighted by Crippen LogP contribution is -2.60. The van der Waals surface area contributed by atoms with Crippen LogP contribution in [0.5, 0.6) is 0 Å². The molecule has 5 atom stereocenters. The number of likely N-dealkylation sites (tertiary alicyclic amines) is 1. The van der Waals surface area contributed by atoms with Gasteiger partial charge < -0.3 is 21.3 Å². The Bertz CT molecular complexity index is 1470. The van der Waals surface area contributed by atoms with Crippen LogP contribution in [0.2, 0.25) is 0 Å². The molecule has 4 N–H and O–H groups in total. The van der Waals surface area contributed by atoms with Gasteiger partial charge in [-0.3, -0.25) is 14.4 Å². The maximum Gasteiger partial charge on any atom is 0.471 e. The number of nitriles is 1. The number of hydrogen-bond donors (Lipinski definition) is 3. The summed E-state index contributed by atoms with van der Waals surface area (Å²) in [5.74, 6) is 1.84. The molecule has 5 unspecified atom stereocenters. The van der Waals surface area contributed by atoms with Gasteiger partial charge in [-0.25, -0.2) is 4.52 Å². The minimum absolute atomic E-state index is 0.0601. The Balaban J connectivity index is 0.00000237. The van der Waals surface area contributed by atoms with Gasteiger partial charge in [-0.15, -0.1) is 5.92 Å². The Morgan fingerprint density at radius 3 is 2.38 bits per heavy atom. The number of aromatic nitrogens is 2. The third kappa shape index (κ3) is 5.93. The first-order valence-electron chi connectivity index (χ1n) is 13.4. The van der Waals surface area contributed by atoms with E-state index in [1.54, 1.807) is 29.8 Å². The summed E-state index contributed by atoms with van der Waals surface area (Å²) in [6.45, 7) is 10.3. The third-order valence-corrected chi connectivity index (χ3v) is 7.96. The summed E-state index contributed by atoms with van der Waals surface area (Å²) >= 11 is 0. The van der Waals surface area contributed by atoms with Crippen LogP contribution in [0.3, 0.4) is 0 Å². The first kappa shape index (κ1) is 32.4. The van der Waals surface area contributed by atoms with E-state index in [9.17, 15) is 32.8 Å². The van der Waals surface area contributed by atoms with Crippen LogP contribution in [0.4, 0.5) is 13.2 Å². The second-order valence-electron chi connectivity index (χ2n) is 11.9. The highest BCUT2D eigenvalue weighted by Gasteiger charge is 2.70. The molecule has 1 saturated carbocycles. The first-order valence-corrected chi connectivity index (χ1v) is 13.4. The van der Waals surface area contributed by atoms with Gasteiger partial charge in [-0.2, -0.15) is 23.5 Å². The predicted octanol–water partition coefficient (Wildman–Crippen LogP) is 2.54. The fourth-order valence-corrected chi connectivity index (χ4v) is 5.76. The zero-order chi connectivity index (χ0) is 31.8. The fraction of sp³-hybridized carbons (Fsp3) is 0.552. The quantitative estimate of drug-likeness (QED) is 0.459. The summed E-state index contributed by atoms with van der Waals surface area (Å²) in [5.41, 5.74) is 4.71. The third-order valence-electron chi connectivity index (χ3n) is 7.96. The Morgan fingerprint density at radius 1 is 1.19 bits per heavy atom. The standard InChI is InChI=1S/C28H31F3N6O3.CH5N/c1-7-9-15-10-8-11-37-20(15)16(13-33-37)18(12-32)34-23(38)21-19-17(27(19,5)6)14-36(21)24(39)22(26(2,3)4)35-25(40)28(29,30)31;1-2/h8,10-11,13,17-19,21-22H,14H2,1-6H3,(H,34,38)(H,35,40);2H2,1H3. The van der Waals surface area contributed by atoms with E-state index >= 15 is 0 Å². The fourth-order valence-electron chi connectivity index (χ4n) is 5.76. The van der Waals surface area contributed by atoms with Crippen LogP contribution in [0, 0.1) is 45.8 Å². The van der Waals surface area contributed by atoms with Crippen molar-refractivity contribution in [2.45, 2.75) is 65.8 Å². The molecule has 42 heavy (non-hydrogen) atoms. The molecule has 0 aromatic carbocycles. The summed E-state index contributed by atoms with van der Waals surface area (Å²) in [6, 6.07) is 1.91. The molecule has 1 aliphatic carbocycles. The molecule has 2 aromatic heterocycles. The summed E-state index contributed by atoms with van der Waals surface area (Å²) in [6.07, 6.45) is -2.02. The lowest BCUT2D eigenvalue weighted by Gasteiger charge is -2.37. The van der Waals surface area contributed by atoms with Crippen LogP contribution < -0.4 is 16.4 Å². The molecule has 3 heterocycles. The van der Waals surface area contributed by atoms with Gasteiger partial charge in [-0.1, -0.05) is 40.5 Å². The Hall–Kier alpha value is -4.10. The van der Waals surface area contributed by atoms with Crippen molar-refractivity contribution in [3.63, 3.8) is 0 Å². The van der Waals surface area contributed by atoms with E-state index in [2.05, 4.69) is 34.1 Å². The van der Waals surface area contributed by atoms with E-state index in [4.69, 9.17) is 0 Å². The maximum absolute atomic E-state index is 13.8. The molecular formula is C29H36F3N7O3. The molecule has 10 nitrogen and oxygen atoms in total. The molecule has 3 amide bonds. The van der Waals surface area contributed by atoms with Gasteiger partial charge in [-0.05, 0) is 48.8 Å².